The molecule has 32 heavy (non-hydrogen) atoms. The van der Waals surface area contributed by atoms with Crippen LogP contribution in [0.4, 0.5) is 9.52 Å². The third kappa shape index (κ3) is 5.26. The third-order valence-corrected chi connectivity index (χ3v) is 6.80. The van der Waals surface area contributed by atoms with Gasteiger partial charge in [0.2, 0.25) is 0 Å². The monoisotopic (exact) mass is 457 g/mol. The first-order chi connectivity index (χ1) is 15.5. The highest BCUT2D eigenvalue weighted by atomic mass is 32.1. The Labute approximate surface area is 191 Å². The first-order valence-electron chi connectivity index (χ1n) is 10.9. The number of morpholine rings is 1. The Kier molecular flexibility index (Phi) is 7.34. The molecule has 1 fully saturated rings. The lowest BCUT2D eigenvalue weighted by Gasteiger charge is -2.27. The molecule has 1 aliphatic heterocycles. The number of benzene rings is 2. The standard InChI is InChI=1S/C24H28FN3O3S/c1-17-8-9-21-23(18(17)2)26-24(32-21)28(11-5-10-27-12-14-30-15-13-27)22(29)16-31-20-7-4-3-6-19(20)25/h3-4,6-9H,5,10-16H2,1-2H3. The summed E-state index contributed by atoms with van der Waals surface area (Å²) in [5.41, 5.74) is 3.21. The Bertz CT molecular complexity index is 1080. The summed E-state index contributed by atoms with van der Waals surface area (Å²) >= 11 is 1.50. The first kappa shape index (κ1) is 22.6. The molecule has 0 bridgehead atoms. The SMILES string of the molecule is Cc1ccc2sc(N(CCCN3CCOCC3)C(=O)COc3ccccc3F)nc2c1C. The van der Waals surface area contributed by atoms with Gasteiger partial charge in [-0.1, -0.05) is 29.5 Å². The number of carbonyl (C=O) groups is 1. The van der Waals surface area contributed by atoms with E-state index >= 15 is 0 Å². The number of carbonyl (C=O) groups excluding carboxylic acids is 1. The highest BCUT2D eigenvalue weighted by Crippen LogP contribution is 2.32. The van der Waals surface area contributed by atoms with Crippen LogP contribution in [-0.4, -0.2) is 61.8 Å². The molecular weight excluding hydrogens is 429 g/mol. The molecular formula is C24H28FN3O3S. The van der Waals surface area contributed by atoms with Gasteiger partial charge in [0.05, 0.1) is 23.4 Å². The van der Waals surface area contributed by atoms with Crippen LogP contribution in [0.15, 0.2) is 36.4 Å². The van der Waals surface area contributed by atoms with Crippen LogP contribution >= 0.6 is 11.3 Å². The molecule has 1 amide bonds. The van der Waals surface area contributed by atoms with E-state index in [-0.39, 0.29) is 18.3 Å². The maximum Gasteiger partial charge on any atom is 0.266 e. The normalized spacial score (nSPS) is 14.6. The minimum absolute atomic E-state index is 0.0740. The molecule has 0 atom stereocenters. The topological polar surface area (TPSA) is 54.9 Å². The molecule has 2 heterocycles. The van der Waals surface area contributed by atoms with Crippen LogP contribution in [0.1, 0.15) is 17.5 Å². The van der Waals surface area contributed by atoms with E-state index in [1.165, 1.54) is 29.0 Å². The van der Waals surface area contributed by atoms with Gasteiger partial charge < -0.3 is 9.47 Å². The van der Waals surface area contributed by atoms with Crippen LogP contribution in [-0.2, 0) is 9.53 Å². The molecule has 1 saturated heterocycles. The van der Waals surface area contributed by atoms with Gasteiger partial charge in [-0.15, -0.1) is 0 Å². The lowest BCUT2D eigenvalue weighted by Crippen LogP contribution is -2.40. The number of nitrogens with zero attached hydrogens (tertiary/aromatic N) is 3. The quantitative estimate of drug-likeness (QED) is 0.508. The number of para-hydroxylation sites is 1. The summed E-state index contributed by atoms with van der Waals surface area (Å²) in [6.45, 7) is 8.57. The second-order valence-corrected chi connectivity index (χ2v) is 8.93. The average molecular weight is 458 g/mol. The highest BCUT2D eigenvalue weighted by molar-refractivity contribution is 7.22. The summed E-state index contributed by atoms with van der Waals surface area (Å²) in [4.78, 5) is 22.0. The van der Waals surface area contributed by atoms with Crippen molar-refractivity contribution >= 4 is 32.6 Å². The molecule has 1 aromatic heterocycles. The van der Waals surface area contributed by atoms with Crippen LogP contribution in [0.2, 0.25) is 0 Å². The van der Waals surface area contributed by atoms with Crippen molar-refractivity contribution in [2.24, 2.45) is 0 Å². The van der Waals surface area contributed by atoms with Gasteiger partial charge in [-0.25, -0.2) is 9.37 Å². The Morgan fingerprint density at radius 3 is 2.78 bits per heavy atom. The number of ether oxygens (including phenoxy) is 2. The number of fused-ring (bicyclic) bond motifs is 1. The Hall–Kier alpha value is -2.55. The predicted molar refractivity (Wildman–Crippen MR) is 125 cm³/mol. The van der Waals surface area contributed by atoms with Gasteiger partial charge >= 0.3 is 0 Å². The molecule has 170 valence electrons. The molecule has 0 N–H and O–H groups in total. The van der Waals surface area contributed by atoms with Crippen molar-refractivity contribution in [1.29, 1.82) is 0 Å². The minimum atomic E-state index is -0.481. The zero-order valence-electron chi connectivity index (χ0n) is 18.5. The van der Waals surface area contributed by atoms with Crippen molar-refractivity contribution in [1.82, 2.24) is 9.88 Å². The van der Waals surface area contributed by atoms with Crippen molar-refractivity contribution in [3.05, 3.63) is 53.3 Å². The summed E-state index contributed by atoms with van der Waals surface area (Å²) in [6, 6.07) is 10.2. The summed E-state index contributed by atoms with van der Waals surface area (Å²) in [6.07, 6.45) is 0.805. The molecule has 2 aromatic carbocycles. The molecule has 0 unspecified atom stereocenters. The van der Waals surface area contributed by atoms with E-state index in [2.05, 4.69) is 17.9 Å². The van der Waals surface area contributed by atoms with Crippen LogP contribution in [0.25, 0.3) is 10.2 Å². The molecule has 0 spiro atoms. The largest absolute Gasteiger partial charge is 0.481 e. The number of halogens is 1. The number of rotatable bonds is 8. The van der Waals surface area contributed by atoms with E-state index in [1.807, 2.05) is 13.0 Å². The van der Waals surface area contributed by atoms with Crippen LogP contribution in [0, 0.1) is 19.7 Å². The molecule has 8 heteroatoms. The maximum atomic E-state index is 13.9. The number of aromatic nitrogens is 1. The van der Waals surface area contributed by atoms with Gasteiger partial charge in [0.25, 0.3) is 5.91 Å². The number of hydrogen-bond donors (Lipinski definition) is 0. The molecule has 1 aliphatic rings. The molecule has 3 aromatic rings. The Balaban J connectivity index is 1.51. The van der Waals surface area contributed by atoms with E-state index in [0.29, 0.717) is 11.7 Å². The molecule has 4 rings (SSSR count). The van der Waals surface area contributed by atoms with Gasteiger partial charge in [-0.2, -0.15) is 0 Å². The van der Waals surface area contributed by atoms with E-state index in [4.69, 9.17) is 14.5 Å². The number of hydrogen-bond acceptors (Lipinski definition) is 6. The Morgan fingerprint density at radius 1 is 1.22 bits per heavy atom. The van der Waals surface area contributed by atoms with Crippen LogP contribution < -0.4 is 9.64 Å². The van der Waals surface area contributed by atoms with Crippen molar-refractivity contribution in [2.45, 2.75) is 20.3 Å². The third-order valence-electron chi connectivity index (χ3n) is 5.75. The zero-order chi connectivity index (χ0) is 22.5. The molecule has 6 nitrogen and oxygen atoms in total. The van der Waals surface area contributed by atoms with Gasteiger partial charge in [-0.3, -0.25) is 14.6 Å². The smallest absolute Gasteiger partial charge is 0.266 e. The number of thiazole rings is 1. The van der Waals surface area contributed by atoms with Crippen molar-refractivity contribution in [3.8, 4) is 5.75 Å². The van der Waals surface area contributed by atoms with Gasteiger partial charge in [-0.05, 0) is 49.6 Å². The maximum absolute atomic E-state index is 13.9. The number of amides is 1. The molecule has 0 aliphatic carbocycles. The van der Waals surface area contributed by atoms with E-state index < -0.39 is 5.82 Å². The van der Waals surface area contributed by atoms with E-state index in [0.717, 1.165) is 55.0 Å². The summed E-state index contributed by atoms with van der Waals surface area (Å²) in [7, 11) is 0. The second-order valence-electron chi connectivity index (χ2n) is 7.92. The lowest BCUT2D eigenvalue weighted by molar-refractivity contribution is -0.120. The van der Waals surface area contributed by atoms with Gasteiger partial charge in [0, 0.05) is 26.2 Å². The zero-order valence-corrected chi connectivity index (χ0v) is 19.3. The number of aryl methyl sites for hydroxylation is 2. The number of anilines is 1. The highest BCUT2D eigenvalue weighted by Gasteiger charge is 2.22. The van der Waals surface area contributed by atoms with Gasteiger partial charge in [0.15, 0.2) is 23.3 Å². The fraction of sp³-hybridized carbons (Fsp3) is 0.417. The van der Waals surface area contributed by atoms with Crippen LogP contribution in [0.3, 0.4) is 0 Å². The minimum Gasteiger partial charge on any atom is -0.481 e. The van der Waals surface area contributed by atoms with Crippen molar-refractivity contribution in [2.75, 3.05) is 50.9 Å². The van der Waals surface area contributed by atoms with Crippen molar-refractivity contribution < 1.29 is 18.7 Å². The summed E-state index contributed by atoms with van der Waals surface area (Å²) in [5, 5.41) is 0.651. The van der Waals surface area contributed by atoms with E-state index in [9.17, 15) is 9.18 Å². The van der Waals surface area contributed by atoms with E-state index in [1.54, 1.807) is 17.0 Å². The molecule has 0 radical (unpaired) electrons. The average Bonchev–Trinajstić information content (AvgIpc) is 3.24. The lowest BCUT2D eigenvalue weighted by atomic mass is 10.1. The summed E-state index contributed by atoms with van der Waals surface area (Å²) < 4.78 is 25.9. The summed E-state index contributed by atoms with van der Waals surface area (Å²) in [5.74, 6) is -0.640. The van der Waals surface area contributed by atoms with Crippen molar-refractivity contribution in [3.63, 3.8) is 0 Å². The Morgan fingerprint density at radius 2 is 2.00 bits per heavy atom. The fourth-order valence-electron chi connectivity index (χ4n) is 3.71. The molecule has 0 saturated carbocycles. The van der Waals surface area contributed by atoms with Crippen LogP contribution in [0.5, 0.6) is 5.75 Å². The predicted octanol–water partition coefficient (Wildman–Crippen LogP) is 4.19. The second kappa shape index (κ2) is 10.4. The van der Waals surface area contributed by atoms with Gasteiger partial charge in [0.1, 0.15) is 0 Å². The first-order valence-corrected chi connectivity index (χ1v) is 11.7. The fourth-order valence-corrected chi connectivity index (χ4v) is 4.78.